The third-order valence-electron chi connectivity index (χ3n) is 2.09. The molecular formula is C12H11NO2. The molecule has 0 aliphatic heterocycles. The SMILES string of the molecule is CC(=O)OCc1cnc2ccccc2c1. The number of hydrogen-bond acceptors (Lipinski definition) is 3. The Kier molecular flexibility index (Phi) is 2.63. The molecule has 0 unspecified atom stereocenters. The summed E-state index contributed by atoms with van der Waals surface area (Å²) in [6, 6.07) is 9.82. The van der Waals surface area contributed by atoms with Crippen molar-refractivity contribution in [2.45, 2.75) is 13.5 Å². The smallest absolute Gasteiger partial charge is 0.302 e. The first-order chi connectivity index (χ1) is 7.25. The summed E-state index contributed by atoms with van der Waals surface area (Å²) in [7, 11) is 0. The lowest BCUT2D eigenvalue weighted by Crippen LogP contribution is -1.99. The van der Waals surface area contributed by atoms with Gasteiger partial charge in [-0.2, -0.15) is 0 Å². The minimum atomic E-state index is -0.275. The van der Waals surface area contributed by atoms with Crippen LogP contribution in [0.25, 0.3) is 10.9 Å². The van der Waals surface area contributed by atoms with Gasteiger partial charge in [-0.25, -0.2) is 0 Å². The molecule has 0 fully saturated rings. The predicted molar refractivity (Wildman–Crippen MR) is 57.2 cm³/mol. The summed E-state index contributed by atoms with van der Waals surface area (Å²) < 4.78 is 4.90. The Hall–Kier alpha value is -1.90. The molecule has 2 aromatic rings. The van der Waals surface area contributed by atoms with E-state index >= 15 is 0 Å². The van der Waals surface area contributed by atoms with Crippen molar-refractivity contribution in [1.82, 2.24) is 4.98 Å². The van der Waals surface area contributed by atoms with Gasteiger partial charge in [0.05, 0.1) is 5.52 Å². The van der Waals surface area contributed by atoms with E-state index in [2.05, 4.69) is 4.98 Å². The molecule has 3 nitrogen and oxygen atoms in total. The number of hydrogen-bond donors (Lipinski definition) is 0. The van der Waals surface area contributed by atoms with Crippen LogP contribution in [0, 0.1) is 0 Å². The average molecular weight is 201 g/mol. The molecule has 0 atom stereocenters. The molecule has 1 aromatic carbocycles. The molecule has 1 aromatic heterocycles. The number of ether oxygens (including phenoxy) is 1. The summed E-state index contributed by atoms with van der Waals surface area (Å²) in [6.45, 7) is 1.68. The zero-order chi connectivity index (χ0) is 10.7. The number of rotatable bonds is 2. The van der Waals surface area contributed by atoms with Gasteiger partial charge in [-0.15, -0.1) is 0 Å². The number of fused-ring (bicyclic) bond motifs is 1. The van der Waals surface area contributed by atoms with Crippen LogP contribution < -0.4 is 0 Å². The number of para-hydroxylation sites is 1. The maximum atomic E-state index is 10.6. The molecule has 0 bridgehead atoms. The number of pyridine rings is 1. The Balaban J connectivity index is 2.26. The second-order valence-corrected chi connectivity index (χ2v) is 3.32. The van der Waals surface area contributed by atoms with Crippen molar-refractivity contribution < 1.29 is 9.53 Å². The quantitative estimate of drug-likeness (QED) is 0.700. The third-order valence-corrected chi connectivity index (χ3v) is 2.09. The van der Waals surface area contributed by atoms with Crippen LogP contribution in [0.15, 0.2) is 36.5 Å². The molecule has 0 radical (unpaired) electrons. The van der Waals surface area contributed by atoms with E-state index in [1.807, 2.05) is 30.3 Å². The van der Waals surface area contributed by atoms with Gasteiger partial charge in [-0.3, -0.25) is 9.78 Å². The van der Waals surface area contributed by atoms with Gasteiger partial charge in [0.1, 0.15) is 6.61 Å². The van der Waals surface area contributed by atoms with Crippen LogP contribution in [0.2, 0.25) is 0 Å². The lowest BCUT2D eigenvalue weighted by molar-refractivity contribution is -0.142. The van der Waals surface area contributed by atoms with Crippen molar-refractivity contribution in [2.24, 2.45) is 0 Å². The zero-order valence-corrected chi connectivity index (χ0v) is 8.43. The average Bonchev–Trinajstić information content (AvgIpc) is 2.26. The van der Waals surface area contributed by atoms with E-state index in [0.717, 1.165) is 16.5 Å². The molecule has 0 N–H and O–H groups in total. The van der Waals surface area contributed by atoms with E-state index in [1.54, 1.807) is 6.20 Å². The van der Waals surface area contributed by atoms with Crippen molar-refractivity contribution in [2.75, 3.05) is 0 Å². The summed E-state index contributed by atoms with van der Waals surface area (Å²) in [4.78, 5) is 14.9. The van der Waals surface area contributed by atoms with E-state index in [1.165, 1.54) is 6.92 Å². The lowest BCUT2D eigenvalue weighted by atomic mass is 10.2. The lowest BCUT2D eigenvalue weighted by Gasteiger charge is -2.03. The molecule has 0 aliphatic carbocycles. The Morgan fingerprint density at radius 3 is 3.00 bits per heavy atom. The Morgan fingerprint density at radius 1 is 1.40 bits per heavy atom. The Labute approximate surface area is 87.7 Å². The van der Waals surface area contributed by atoms with Crippen molar-refractivity contribution in [3.05, 3.63) is 42.1 Å². The highest BCUT2D eigenvalue weighted by Gasteiger charge is 1.99. The van der Waals surface area contributed by atoms with Crippen molar-refractivity contribution in [3.8, 4) is 0 Å². The molecular weight excluding hydrogens is 190 g/mol. The van der Waals surface area contributed by atoms with Gasteiger partial charge in [0.15, 0.2) is 0 Å². The molecule has 3 heteroatoms. The van der Waals surface area contributed by atoms with E-state index in [0.29, 0.717) is 0 Å². The standard InChI is InChI=1S/C12H11NO2/c1-9(14)15-8-10-6-11-4-2-3-5-12(11)13-7-10/h2-7H,8H2,1H3. The molecule has 1 heterocycles. The fourth-order valence-electron chi connectivity index (χ4n) is 1.38. The fourth-order valence-corrected chi connectivity index (χ4v) is 1.38. The van der Waals surface area contributed by atoms with Crippen LogP contribution in [-0.2, 0) is 16.1 Å². The fraction of sp³-hybridized carbons (Fsp3) is 0.167. The highest BCUT2D eigenvalue weighted by molar-refractivity contribution is 5.78. The summed E-state index contributed by atoms with van der Waals surface area (Å²) in [5, 5.41) is 1.06. The maximum absolute atomic E-state index is 10.6. The van der Waals surface area contributed by atoms with Gasteiger partial charge >= 0.3 is 5.97 Å². The third kappa shape index (κ3) is 2.31. The van der Waals surface area contributed by atoms with E-state index < -0.39 is 0 Å². The zero-order valence-electron chi connectivity index (χ0n) is 8.43. The van der Waals surface area contributed by atoms with E-state index in [-0.39, 0.29) is 12.6 Å². The summed E-state index contributed by atoms with van der Waals surface area (Å²) >= 11 is 0. The summed E-state index contributed by atoms with van der Waals surface area (Å²) in [5.74, 6) is -0.275. The summed E-state index contributed by atoms with van der Waals surface area (Å²) in [5.41, 5.74) is 1.85. The van der Waals surface area contributed by atoms with Crippen LogP contribution in [0.3, 0.4) is 0 Å². The highest BCUT2D eigenvalue weighted by Crippen LogP contribution is 2.13. The Bertz CT molecular complexity index is 494. The van der Waals surface area contributed by atoms with Crippen LogP contribution in [0.1, 0.15) is 12.5 Å². The number of carbonyl (C=O) groups is 1. The maximum Gasteiger partial charge on any atom is 0.302 e. The molecule has 0 spiro atoms. The molecule has 0 saturated carbocycles. The van der Waals surface area contributed by atoms with Crippen molar-refractivity contribution in [3.63, 3.8) is 0 Å². The van der Waals surface area contributed by atoms with Gasteiger partial charge in [-0.05, 0) is 12.1 Å². The van der Waals surface area contributed by atoms with Gasteiger partial charge < -0.3 is 4.74 Å². The molecule has 2 rings (SSSR count). The number of benzene rings is 1. The van der Waals surface area contributed by atoms with Gasteiger partial charge in [0.2, 0.25) is 0 Å². The van der Waals surface area contributed by atoms with Crippen molar-refractivity contribution in [1.29, 1.82) is 0 Å². The second kappa shape index (κ2) is 4.09. The topological polar surface area (TPSA) is 39.2 Å². The first-order valence-corrected chi connectivity index (χ1v) is 4.73. The monoisotopic (exact) mass is 201 g/mol. The largest absolute Gasteiger partial charge is 0.461 e. The predicted octanol–water partition coefficient (Wildman–Crippen LogP) is 2.30. The number of esters is 1. The van der Waals surface area contributed by atoms with Crippen LogP contribution in [-0.4, -0.2) is 11.0 Å². The molecule has 0 saturated heterocycles. The Morgan fingerprint density at radius 2 is 2.20 bits per heavy atom. The summed E-state index contributed by atoms with van der Waals surface area (Å²) in [6.07, 6.45) is 1.73. The first-order valence-electron chi connectivity index (χ1n) is 4.73. The first kappa shape index (κ1) is 9.65. The van der Waals surface area contributed by atoms with Gasteiger partial charge in [0.25, 0.3) is 0 Å². The van der Waals surface area contributed by atoms with Crippen LogP contribution in [0.4, 0.5) is 0 Å². The van der Waals surface area contributed by atoms with E-state index in [4.69, 9.17) is 4.74 Å². The minimum absolute atomic E-state index is 0.275. The minimum Gasteiger partial charge on any atom is -0.461 e. The highest BCUT2D eigenvalue weighted by atomic mass is 16.5. The molecule has 15 heavy (non-hydrogen) atoms. The normalized spacial score (nSPS) is 10.2. The van der Waals surface area contributed by atoms with Crippen LogP contribution >= 0.6 is 0 Å². The molecule has 0 aliphatic rings. The molecule has 0 amide bonds. The number of carbonyl (C=O) groups excluding carboxylic acids is 1. The number of nitrogens with zero attached hydrogens (tertiary/aromatic N) is 1. The molecule has 76 valence electrons. The second-order valence-electron chi connectivity index (χ2n) is 3.32. The van der Waals surface area contributed by atoms with Crippen molar-refractivity contribution >= 4 is 16.9 Å². The van der Waals surface area contributed by atoms with Gasteiger partial charge in [-0.1, -0.05) is 18.2 Å². The van der Waals surface area contributed by atoms with E-state index in [9.17, 15) is 4.79 Å². The number of aromatic nitrogens is 1. The van der Waals surface area contributed by atoms with Gasteiger partial charge in [0, 0.05) is 24.1 Å². The van der Waals surface area contributed by atoms with Crippen LogP contribution in [0.5, 0.6) is 0 Å².